The van der Waals surface area contributed by atoms with E-state index in [0.717, 1.165) is 76.8 Å². The molecule has 0 aromatic heterocycles. The average molecular weight is 496 g/mol. The first kappa shape index (κ1) is 30.4. The molecule has 0 radical (unpaired) electrons. The van der Waals surface area contributed by atoms with Crippen LogP contribution in [0.4, 0.5) is 4.79 Å². The summed E-state index contributed by atoms with van der Waals surface area (Å²) in [6, 6.07) is 0. The topological polar surface area (TPSA) is 48.0 Å². The second-order valence-electron chi connectivity index (χ2n) is 12.8. The Bertz CT molecular complexity index is 609. The molecule has 0 aliphatic heterocycles. The molecule has 35 heavy (non-hydrogen) atoms. The minimum absolute atomic E-state index is 0.126. The Kier molecular flexibility index (Phi) is 12.4. The fourth-order valence-corrected chi connectivity index (χ4v) is 6.13. The zero-order chi connectivity index (χ0) is 26.0. The molecule has 3 aliphatic carbocycles. The second-order valence-corrected chi connectivity index (χ2v) is 12.8. The van der Waals surface area contributed by atoms with Gasteiger partial charge in [-0.05, 0) is 83.0 Å². The fourth-order valence-electron chi connectivity index (χ4n) is 6.13. The van der Waals surface area contributed by atoms with Gasteiger partial charge in [0.2, 0.25) is 0 Å². The number of ether oxygens (including phenoxy) is 1. The molecule has 0 aromatic carbocycles. The fraction of sp³-hybridized carbons (Fsp3) is 0.967. The van der Waals surface area contributed by atoms with Crippen LogP contribution in [-0.2, 0) is 14.5 Å². The molecule has 3 aliphatic rings. The third-order valence-corrected chi connectivity index (χ3v) is 8.87. The van der Waals surface area contributed by atoms with Crippen molar-refractivity contribution in [3.63, 3.8) is 0 Å². The first-order valence-corrected chi connectivity index (χ1v) is 14.8. The molecule has 5 heteroatoms. The summed E-state index contributed by atoms with van der Waals surface area (Å²) in [5.74, 6) is 1.48. The quantitative estimate of drug-likeness (QED) is 0.108. The highest BCUT2D eigenvalue weighted by molar-refractivity contribution is 5.67. The number of hydrogen-bond donors (Lipinski definition) is 0. The van der Waals surface area contributed by atoms with Gasteiger partial charge in [0.25, 0.3) is 0 Å². The molecule has 1 amide bonds. The van der Waals surface area contributed by atoms with Crippen molar-refractivity contribution >= 4 is 6.09 Å². The smallest absolute Gasteiger partial charge is 0.409 e. The molecular formula is C30H57NO4. The largest absolute Gasteiger partial charge is 0.449 e. The van der Waals surface area contributed by atoms with Gasteiger partial charge in [-0.3, -0.25) is 0 Å². The molecule has 0 aromatic rings. The second kappa shape index (κ2) is 14.2. The molecule has 3 rings (SSSR count). The lowest BCUT2D eigenvalue weighted by Gasteiger charge is -2.63. The van der Waals surface area contributed by atoms with Crippen LogP contribution in [0.1, 0.15) is 138 Å². The number of unbranched alkanes of at least 4 members (excludes halogenated alkanes) is 7. The van der Waals surface area contributed by atoms with Gasteiger partial charge >= 0.3 is 6.09 Å². The third-order valence-electron chi connectivity index (χ3n) is 8.87. The highest BCUT2D eigenvalue weighted by Gasteiger charge is 2.60. The predicted octanol–water partition coefficient (Wildman–Crippen LogP) is 8.70. The number of carbonyl (C=O) groups excluding carboxylic acids is 1. The van der Waals surface area contributed by atoms with E-state index in [1.54, 1.807) is 0 Å². The van der Waals surface area contributed by atoms with E-state index in [9.17, 15) is 4.79 Å². The number of amides is 1. The number of rotatable bonds is 18. The van der Waals surface area contributed by atoms with E-state index in [1.165, 1.54) is 32.1 Å². The third kappa shape index (κ3) is 9.22. The van der Waals surface area contributed by atoms with Crippen molar-refractivity contribution < 1.29 is 19.3 Å². The van der Waals surface area contributed by atoms with Gasteiger partial charge in [0, 0.05) is 13.1 Å². The Hall–Kier alpha value is -0.810. The van der Waals surface area contributed by atoms with E-state index >= 15 is 0 Å². The molecule has 3 unspecified atom stereocenters. The van der Waals surface area contributed by atoms with Gasteiger partial charge in [0.1, 0.15) is 5.60 Å². The highest BCUT2D eigenvalue weighted by atomic mass is 17.2. The van der Waals surface area contributed by atoms with Crippen LogP contribution in [0.25, 0.3) is 0 Å². The molecule has 0 saturated heterocycles. The minimum atomic E-state index is -0.247. The number of nitrogens with zero attached hydrogens (tertiary/aromatic N) is 1. The lowest BCUT2D eigenvalue weighted by molar-refractivity contribution is -0.436. The van der Waals surface area contributed by atoms with Crippen molar-refractivity contribution in [2.75, 3.05) is 19.7 Å². The normalized spacial score (nSPS) is 25.2. The van der Waals surface area contributed by atoms with Gasteiger partial charge < -0.3 is 9.64 Å². The standard InChI is InChI=1S/C30H57NO4/c1-8-10-21-31(22-11-9-2)27(32)33-23-17-15-13-12-14-16-19-28(3,4)34-35-30(7)20-18-25-24-26(30)29(25,5)6/h25-26H,8-24H2,1-7H3. The van der Waals surface area contributed by atoms with Crippen molar-refractivity contribution in [3.05, 3.63) is 0 Å². The van der Waals surface area contributed by atoms with Gasteiger partial charge in [0.15, 0.2) is 0 Å². The number of fused-ring (bicyclic) bond motifs is 2. The van der Waals surface area contributed by atoms with Crippen LogP contribution in [0.2, 0.25) is 0 Å². The molecule has 3 fully saturated rings. The molecule has 0 spiro atoms. The van der Waals surface area contributed by atoms with Crippen LogP contribution in [0, 0.1) is 17.3 Å². The molecule has 3 saturated carbocycles. The lowest BCUT2D eigenvalue weighted by atomic mass is 9.44. The van der Waals surface area contributed by atoms with Crippen LogP contribution < -0.4 is 0 Å². The Labute approximate surface area is 217 Å². The lowest BCUT2D eigenvalue weighted by Crippen LogP contribution is -2.61. The van der Waals surface area contributed by atoms with E-state index in [2.05, 4.69) is 48.5 Å². The molecule has 5 nitrogen and oxygen atoms in total. The van der Waals surface area contributed by atoms with Crippen LogP contribution in [-0.4, -0.2) is 41.9 Å². The van der Waals surface area contributed by atoms with Crippen LogP contribution in [0.15, 0.2) is 0 Å². The molecule has 2 bridgehead atoms. The van der Waals surface area contributed by atoms with Gasteiger partial charge in [-0.1, -0.05) is 72.6 Å². The monoisotopic (exact) mass is 495 g/mol. The summed E-state index contributed by atoms with van der Waals surface area (Å²) in [6.07, 6.45) is 15.7. The van der Waals surface area contributed by atoms with Crippen molar-refractivity contribution in [2.45, 2.75) is 150 Å². The number of hydrogen-bond acceptors (Lipinski definition) is 4. The first-order valence-electron chi connectivity index (χ1n) is 14.8. The minimum Gasteiger partial charge on any atom is -0.449 e. The highest BCUT2D eigenvalue weighted by Crippen LogP contribution is 2.63. The SMILES string of the molecule is CCCCN(CCCC)C(=O)OCCCCCCCCC(C)(C)OOC1(C)CCC2CC1C2(C)C. The van der Waals surface area contributed by atoms with Crippen LogP contribution in [0.3, 0.4) is 0 Å². The average Bonchev–Trinajstić information content (AvgIpc) is 2.81. The Morgan fingerprint density at radius 1 is 0.914 bits per heavy atom. The maximum Gasteiger partial charge on any atom is 0.409 e. The van der Waals surface area contributed by atoms with E-state index < -0.39 is 0 Å². The molecule has 0 heterocycles. The molecule has 206 valence electrons. The van der Waals surface area contributed by atoms with E-state index in [1.807, 2.05) is 4.90 Å². The van der Waals surface area contributed by atoms with Gasteiger partial charge in [-0.25, -0.2) is 14.6 Å². The van der Waals surface area contributed by atoms with Gasteiger partial charge in [-0.2, -0.15) is 0 Å². The zero-order valence-corrected chi connectivity index (χ0v) is 24.3. The Balaban J connectivity index is 1.51. The summed E-state index contributed by atoms with van der Waals surface area (Å²) in [5.41, 5.74) is 0.00764. The van der Waals surface area contributed by atoms with Crippen molar-refractivity contribution in [1.82, 2.24) is 4.90 Å². The van der Waals surface area contributed by atoms with Crippen molar-refractivity contribution in [2.24, 2.45) is 17.3 Å². The molecular weight excluding hydrogens is 438 g/mol. The Morgan fingerprint density at radius 2 is 1.51 bits per heavy atom. The summed E-state index contributed by atoms with van der Waals surface area (Å²) in [4.78, 5) is 26.5. The summed E-state index contributed by atoms with van der Waals surface area (Å²) < 4.78 is 5.54. The van der Waals surface area contributed by atoms with E-state index in [4.69, 9.17) is 14.5 Å². The summed E-state index contributed by atoms with van der Waals surface area (Å²) in [5, 5.41) is 0. The van der Waals surface area contributed by atoms with Gasteiger partial charge in [0.05, 0.1) is 12.2 Å². The van der Waals surface area contributed by atoms with Crippen molar-refractivity contribution in [3.8, 4) is 0 Å². The summed E-state index contributed by atoms with van der Waals surface area (Å²) >= 11 is 0. The molecule has 0 N–H and O–H groups in total. The maximum absolute atomic E-state index is 12.3. The van der Waals surface area contributed by atoms with Crippen LogP contribution in [0.5, 0.6) is 0 Å². The van der Waals surface area contributed by atoms with Gasteiger partial charge in [-0.15, -0.1) is 0 Å². The van der Waals surface area contributed by atoms with E-state index in [0.29, 0.717) is 17.9 Å². The predicted molar refractivity (Wildman–Crippen MR) is 144 cm³/mol. The zero-order valence-electron chi connectivity index (χ0n) is 24.3. The summed E-state index contributed by atoms with van der Waals surface area (Å²) in [6.45, 7) is 17.9. The number of carbonyl (C=O) groups is 1. The Morgan fingerprint density at radius 3 is 2.09 bits per heavy atom. The maximum atomic E-state index is 12.3. The van der Waals surface area contributed by atoms with E-state index in [-0.39, 0.29) is 17.3 Å². The first-order chi connectivity index (χ1) is 16.6. The van der Waals surface area contributed by atoms with Crippen molar-refractivity contribution in [1.29, 1.82) is 0 Å². The summed E-state index contributed by atoms with van der Waals surface area (Å²) in [7, 11) is 0. The van der Waals surface area contributed by atoms with Crippen LogP contribution >= 0.6 is 0 Å². The molecule has 3 atom stereocenters.